The molecular formula is C11H14. The number of hydrogen-bond acceptors (Lipinski definition) is 0. The van der Waals surface area contributed by atoms with Crippen molar-refractivity contribution in [3.8, 4) is 0 Å². The number of hydrogen-bond donors (Lipinski definition) is 0. The van der Waals surface area contributed by atoms with Crippen LogP contribution in [0.3, 0.4) is 0 Å². The van der Waals surface area contributed by atoms with Crippen molar-refractivity contribution < 1.29 is 0 Å². The fourth-order valence-corrected chi connectivity index (χ4v) is 1.01. The van der Waals surface area contributed by atoms with Crippen LogP contribution in [-0.4, -0.2) is 0 Å². The maximum absolute atomic E-state index is 2.22. The molecular weight excluding hydrogens is 132 g/mol. The van der Waals surface area contributed by atoms with E-state index in [4.69, 9.17) is 0 Å². The van der Waals surface area contributed by atoms with E-state index in [0.717, 1.165) is 6.42 Å². The molecule has 0 nitrogen and oxygen atoms in total. The van der Waals surface area contributed by atoms with Crippen molar-refractivity contribution in [1.29, 1.82) is 0 Å². The molecule has 0 atom stereocenters. The second kappa shape index (κ2) is 3.97. The van der Waals surface area contributed by atoms with Crippen LogP contribution in [0.5, 0.6) is 0 Å². The first-order valence-corrected chi connectivity index (χ1v) is 3.99. The molecule has 0 aromatic rings. The lowest BCUT2D eigenvalue weighted by molar-refractivity contribution is 1.25. The summed E-state index contributed by atoms with van der Waals surface area (Å²) in [4.78, 5) is 0. The van der Waals surface area contributed by atoms with Gasteiger partial charge in [-0.25, -0.2) is 0 Å². The van der Waals surface area contributed by atoms with Crippen LogP contribution in [0, 0.1) is 0 Å². The van der Waals surface area contributed by atoms with Crippen molar-refractivity contribution in [1.82, 2.24) is 0 Å². The van der Waals surface area contributed by atoms with E-state index in [-0.39, 0.29) is 0 Å². The lowest BCUT2D eigenvalue weighted by Gasteiger charge is -2.01. The van der Waals surface area contributed by atoms with Crippen LogP contribution in [0.1, 0.15) is 20.3 Å². The third kappa shape index (κ3) is 2.58. The van der Waals surface area contributed by atoms with E-state index >= 15 is 0 Å². The molecule has 0 aromatic carbocycles. The Morgan fingerprint density at radius 2 is 2.27 bits per heavy atom. The molecule has 1 rings (SSSR count). The minimum atomic E-state index is 1.07. The van der Waals surface area contributed by atoms with Crippen LogP contribution < -0.4 is 0 Å². The molecule has 11 heavy (non-hydrogen) atoms. The Labute approximate surface area is 68.6 Å². The first kappa shape index (κ1) is 8.06. The first-order chi connectivity index (χ1) is 5.33. The largest absolute Gasteiger partial charge is 0.0847 e. The molecule has 1 aliphatic rings. The van der Waals surface area contributed by atoms with Crippen molar-refractivity contribution in [2.24, 2.45) is 0 Å². The maximum atomic E-state index is 2.22. The highest BCUT2D eigenvalue weighted by Gasteiger charge is 1.92. The van der Waals surface area contributed by atoms with Gasteiger partial charge in [0.15, 0.2) is 0 Å². The van der Waals surface area contributed by atoms with Crippen LogP contribution in [-0.2, 0) is 0 Å². The van der Waals surface area contributed by atoms with E-state index < -0.39 is 0 Å². The van der Waals surface area contributed by atoms with E-state index in [1.807, 2.05) is 0 Å². The molecule has 0 N–H and O–H groups in total. The number of rotatable bonds is 1. The van der Waals surface area contributed by atoms with Gasteiger partial charge in [-0.2, -0.15) is 0 Å². The van der Waals surface area contributed by atoms with Gasteiger partial charge in [0.25, 0.3) is 0 Å². The molecule has 0 unspecified atom stereocenters. The molecule has 1 aliphatic carbocycles. The summed E-state index contributed by atoms with van der Waals surface area (Å²) in [5.74, 6) is 0. The van der Waals surface area contributed by atoms with Gasteiger partial charge >= 0.3 is 0 Å². The summed E-state index contributed by atoms with van der Waals surface area (Å²) < 4.78 is 0. The highest BCUT2D eigenvalue weighted by atomic mass is 14.0. The second-order valence-electron chi connectivity index (χ2n) is 2.74. The molecule has 0 bridgehead atoms. The SMILES string of the molecule is C/C=C(C)\C=C1\C=CC=CC1. The van der Waals surface area contributed by atoms with Gasteiger partial charge < -0.3 is 0 Å². The monoisotopic (exact) mass is 146 g/mol. The van der Waals surface area contributed by atoms with Gasteiger partial charge in [-0.05, 0) is 25.8 Å². The molecule has 0 saturated heterocycles. The smallest absolute Gasteiger partial charge is 0.00942 e. The molecule has 0 radical (unpaired) electrons. The average Bonchev–Trinajstić information content (AvgIpc) is 2.06. The summed E-state index contributed by atoms with van der Waals surface area (Å²) in [5.41, 5.74) is 2.73. The Morgan fingerprint density at radius 3 is 2.82 bits per heavy atom. The molecule has 0 aromatic heterocycles. The fourth-order valence-electron chi connectivity index (χ4n) is 1.01. The van der Waals surface area contributed by atoms with Gasteiger partial charge in [-0.1, -0.05) is 42.0 Å². The summed E-state index contributed by atoms with van der Waals surface area (Å²) in [7, 11) is 0. The second-order valence-corrected chi connectivity index (χ2v) is 2.74. The molecule has 0 aliphatic heterocycles. The van der Waals surface area contributed by atoms with E-state index in [0.29, 0.717) is 0 Å². The van der Waals surface area contributed by atoms with E-state index in [1.165, 1.54) is 11.1 Å². The number of allylic oxidation sites excluding steroid dienone is 8. The summed E-state index contributed by atoms with van der Waals surface area (Å²) in [6.07, 6.45) is 13.9. The quantitative estimate of drug-likeness (QED) is 0.532. The Morgan fingerprint density at radius 1 is 1.45 bits per heavy atom. The normalized spacial score (nSPS) is 21.3. The highest BCUT2D eigenvalue weighted by molar-refractivity contribution is 5.34. The molecule has 0 fully saturated rings. The standard InChI is InChI=1S/C11H14/c1-3-10(2)9-11-7-5-4-6-8-11/h3-7,9H,8H2,1-2H3/b10-3-,11-9-. The van der Waals surface area contributed by atoms with Crippen molar-refractivity contribution in [3.05, 3.63) is 47.6 Å². The van der Waals surface area contributed by atoms with Crippen molar-refractivity contribution in [3.63, 3.8) is 0 Å². The Hall–Kier alpha value is -1.04. The van der Waals surface area contributed by atoms with Gasteiger partial charge in [-0.15, -0.1) is 0 Å². The van der Waals surface area contributed by atoms with E-state index in [9.17, 15) is 0 Å². The van der Waals surface area contributed by atoms with Crippen LogP contribution in [0.15, 0.2) is 47.6 Å². The van der Waals surface area contributed by atoms with E-state index in [1.54, 1.807) is 0 Å². The Balaban J connectivity index is 2.68. The third-order valence-electron chi connectivity index (χ3n) is 1.78. The maximum Gasteiger partial charge on any atom is -0.00942 e. The van der Waals surface area contributed by atoms with Gasteiger partial charge in [0.2, 0.25) is 0 Å². The molecule has 0 heteroatoms. The first-order valence-electron chi connectivity index (χ1n) is 3.99. The topological polar surface area (TPSA) is 0 Å². The van der Waals surface area contributed by atoms with Crippen molar-refractivity contribution >= 4 is 0 Å². The molecule has 0 spiro atoms. The Kier molecular flexibility index (Phi) is 2.91. The predicted molar refractivity (Wildman–Crippen MR) is 50.4 cm³/mol. The van der Waals surface area contributed by atoms with Gasteiger partial charge in [0.1, 0.15) is 0 Å². The van der Waals surface area contributed by atoms with Crippen LogP contribution in [0.4, 0.5) is 0 Å². The average molecular weight is 146 g/mol. The zero-order valence-corrected chi connectivity index (χ0v) is 7.17. The van der Waals surface area contributed by atoms with Gasteiger partial charge in [0.05, 0.1) is 0 Å². The molecule has 0 heterocycles. The zero-order chi connectivity index (χ0) is 8.10. The zero-order valence-electron chi connectivity index (χ0n) is 7.17. The minimum absolute atomic E-state index is 1.07. The van der Waals surface area contributed by atoms with E-state index in [2.05, 4.69) is 50.3 Å². The predicted octanol–water partition coefficient (Wildman–Crippen LogP) is 3.40. The Bertz CT molecular complexity index is 237. The lowest BCUT2D eigenvalue weighted by atomic mass is 10.1. The summed E-state index contributed by atoms with van der Waals surface area (Å²) in [6.45, 7) is 4.19. The fraction of sp³-hybridized carbons (Fsp3) is 0.273. The minimum Gasteiger partial charge on any atom is -0.0847 e. The summed E-state index contributed by atoms with van der Waals surface area (Å²) in [5, 5.41) is 0. The molecule has 0 amide bonds. The highest BCUT2D eigenvalue weighted by Crippen LogP contribution is 2.12. The lowest BCUT2D eigenvalue weighted by Crippen LogP contribution is -1.80. The van der Waals surface area contributed by atoms with Crippen LogP contribution in [0.2, 0.25) is 0 Å². The van der Waals surface area contributed by atoms with Crippen molar-refractivity contribution in [2.75, 3.05) is 0 Å². The van der Waals surface area contributed by atoms with Crippen molar-refractivity contribution in [2.45, 2.75) is 20.3 Å². The summed E-state index contributed by atoms with van der Waals surface area (Å²) >= 11 is 0. The molecule has 58 valence electrons. The van der Waals surface area contributed by atoms with Crippen LogP contribution >= 0.6 is 0 Å². The summed E-state index contributed by atoms with van der Waals surface area (Å²) in [6, 6.07) is 0. The van der Waals surface area contributed by atoms with Crippen LogP contribution in [0.25, 0.3) is 0 Å². The van der Waals surface area contributed by atoms with Gasteiger partial charge in [0, 0.05) is 0 Å². The third-order valence-corrected chi connectivity index (χ3v) is 1.78. The molecule has 0 saturated carbocycles. The van der Waals surface area contributed by atoms with Gasteiger partial charge in [-0.3, -0.25) is 0 Å².